The topological polar surface area (TPSA) is 146 Å². The number of carbonyl (C=O) groups is 2. The number of hydrogen-bond donors (Lipinski definition) is 1. The van der Waals surface area contributed by atoms with Crippen LogP contribution in [0.5, 0.6) is 5.75 Å². The molecular formula is C31H35N5O7S2. The van der Waals surface area contributed by atoms with Crippen molar-refractivity contribution in [2.24, 2.45) is 5.10 Å². The summed E-state index contributed by atoms with van der Waals surface area (Å²) in [5.74, 6) is -0.329. The van der Waals surface area contributed by atoms with Crippen molar-refractivity contribution in [3.63, 3.8) is 0 Å². The number of rotatable bonds is 10. The molecule has 0 saturated carbocycles. The predicted molar refractivity (Wildman–Crippen MR) is 167 cm³/mol. The fraction of sp³-hybridized carbons (Fsp3) is 0.323. The van der Waals surface area contributed by atoms with E-state index < -0.39 is 38.5 Å². The van der Waals surface area contributed by atoms with Gasteiger partial charge >= 0.3 is 0 Å². The van der Waals surface area contributed by atoms with E-state index in [-0.39, 0.29) is 35.4 Å². The summed E-state index contributed by atoms with van der Waals surface area (Å²) in [6, 6.07) is 20.8. The lowest BCUT2D eigenvalue weighted by molar-refractivity contribution is -0.134. The minimum absolute atomic E-state index is 0.00870. The first-order valence-electron chi connectivity index (χ1n) is 14.6. The first kappa shape index (κ1) is 32.3. The molecule has 238 valence electrons. The van der Waals surface area contributed by atoms with Gasteiger partial charge in [-0.15, -0.1) is 0 Å². The highest BCUT2D eigenvalue weighted by atomic mass is 32.2. The van der Waals surface area contributed by atoms with E-state index in [0.29, 0.717) is 11.3 Å². The molecule has 0 aliphatic carbocycles. The van der Waals surface area contributed by atoms with Crippen LogP contribution in [0.1, 0.15) is 24.8 Å². The summed E-state index contributed by atoms with van der Waals surface area (Å²) < 4.78 is 61.5. The Morgan fingerprint density at radius 2 is 1.38 bits per heavy atom. The molecule has 2 fully saturated rings. The van der Waals surface area contributed by atoms with E-state index in [9.17, 15) is 26.4 Å². The molecule has 1 atom stereocenters. The van der Waals surface area contributed by atoms with Crippen LogP contribution in [0.2, 0.25) is 0 Å². The number of nitrogens with zero attached hydrogens (tertiary/aromatic N) is 4. The van der Waals surface area contributed by atoms with E-state index in [0.717, 1.165) is 41.0 Å². The third-order valence-corrected chi connectivity index (χ3v) is 11.5. The summed E-state index contributed by atoms with van der Waals surface area (Å²) in [5.41, 5.74) is 2.99. The van der Waals surface area contributed by atoms with Gasteiger partial charge in [0.05, 0.1) is 16.0 Å². The molecule has 0 unspecified atom stereocenters. The molecular weight excluding hydrogens is 619 g/mol. The van der Waals surface area contributed by atoms with E-state index in [4.69, 9.17) is 4.74 Å². The summed E-state index contributed by atoms with van der Waals surface area (Å²) in [6.45, 7) is 0.695. The molecule has 2 saturated heterocycles. The Kier molecular flexibility index (Phi) is 10.3. The Labute approximate surface area is 263 Å². The lowest BCUT2D eigenvalue weighted by atomic mass is 10.1. The number of hydrazone groups is 1. The summed E-state index contributed by atoms with van der Waals surface area (Å²) in [4.78, 5) is 27.6. The number of piperidine rings is 1. The van der Waals surface area contributed by atoms with Gasteiger partial charge in [-0.25, -0.2) is 22.3 Å². The highest BCUT2D eigenvalue weighted by molar-refractivity contribution is 7.89. The first-order chi connectivity index (χ1) is 21.7. The molecule has 2 aliphatic rings. The van der Waals surface area contributed by atoms with Gasteiger partial charge in [0, 0.05) is 32.7 Å². The van der Waals surface area contributed by atoms with Crippen molar-refractivity contribution in [2.75, 3.05) is 39.3 Å². The zero-order valence-corrected chi connectivity index (χ0v) is 26.2. The van der Waals surface area contributed by atoms with Crippen LogP contribution in [0.4, 0.5) is 0 Å². The molecule has 2 heterocycles. The number of piperazine rings is 1. The first-order valence-corrected chi connectivity index (χ1v) is 17.5. The minimum atomic E-state index is -4.13. The van der Waals surface area contributed by atoms with E-state index in [1.807, 2.05) is 4.90 Å². The molecule has 0 radical (unpaired) electrons. The number of benzene rings is 3. The number of amides is 2. The van der Waals surface area contributed by atoms with Crippen LogP contribution in [0.25, 0.3) is 0 Å². The maximum absolute atomic E-state index is 13.5. The Hall–Kier alpha value is -4.11. The normalized spacial score (nSPS) is 18.5. The number of sulfonamides is 2. The fourth-order valence-electron chi connectivity index (χ4n) is 5.20. The van der Waals surface area contributed by atoms with E-state index in [1.165, 1.54) is 30.5 Å². The van der Waals surface area contributed by atoms with Crippen molar-refractivity contribution in [3.8, 4) is 5.75 Å². The third kappa shape index (κ3) is 7.76. The summed E-state index contributed by atoms with van der Waals surface area (Å²) in [6.07, 6.45) is 4.51. The molecule has 2 amide bonds. The smallest absolute Gasteiger partial charge is 0.260 e. The zero-order valence-electron chi connectivity index (χ0n) is 24.6. The van der Waals surface area contributed by atoms with Crippen molar-refractivity contribution in [3.05, 3.63) is 90.5 Å². The van der Waals surface area contributed by atoms with Crippen LogP contribution in [0, 0.1) is 0 Å². The molecule has 45 heavy (non-hydrogen) atoms. The number of nitrogens with one attached hydrogen (secondary N) is 1. The molecule has 0 bridgehead atoms. The highest BCUT2D eigenvalue weighted by Gasteiger charge is 2.43. The molecule has 1 N–H and O–H groups in total. The van der Waals surface area contributed by atoms with Gasteiger partial charge in [0.1, 0.15) is 11.8 Å². The molecule has 0 spiro atoms. The average molecular weight is 654 g/mol. The molecule has 3 aromatic carbocycles. The summed E-state index contributed by atoms with van der Waals surface area (Å²) >= 11 is 0. The van der Waals surface area contributed by atoms with Gasteiger partial charge in [0.15, 0.2) is 6.61 Å². The van der Waals surface area contributed by atoms with E-state index in [2.05, 4.69) is 10.5 Å². The molecule has 3 aromatic rings. The van der Waals surface area contributed by atoms with Crippen molar-refractivity contribution < 1.29 is 31.2 Å². The Bertz CT molecular complexity index is 1710. The van der Waals surface area contributed by atoms with Crippen LogP contribution in [-0.4, -0.2) is 93.7 Å². The van der Waals surface area contributed by atoms with E-state index in [1.54, 1.807) is 60.7 Å². The summed E-state index contributed by atoms with van der Waals surface area (Å²) in [5, 5.41) is 4.00. The van der Waals surface area contributed by atoms with Crippen molar-refractivity contribution >= 4 is 38.1 Å². The fourth-order valence-corrected chi connectivity index (χ4v) is 8.25. The molecule has 0 aromatic heterocycles. The monoisotopic (exact) mass is 653 g/mol. The zero-order chi connectivity index (χ0) is 31.9. The van der Waals surface area contributed by atoms with Gasteiger partial charge in [-0.1, -0.05) is 36.4 Å². The standard InChI is InChI=1S/C31H35N5O7S2/c37-30(34-18-8-3-9-19-34)24-43-26-16-14-25(15-17-26)22-32-33-31(38)29-23-35(44(39,40)27-10-4-1-5-11-27)20-21-36(29)45(41,42)28-12-6-2-7-13-28/h1-2,4-7,10-17,22,29H,3,8-9,18-21,23-24H2,(H,33,38)/b32-22-/t29-/m0/s1. The van der Waals surface area contributed by atoms with Gasteiger partial charge in [0.2, 0.25) is 20.0 Å². The van der Waals surface area contributed by atoms with Crippen LogP contribution >= 0.6 is 0 Å². The SMILES string of the molecule is O=C(N/N=C\c1ccc(OCC(=O)N2CCCCC2)cc1)[C@@H]1CN(S(=O)(=O)c2ccccc2)CCN1S(=O)(=O)c1ccccc1. The quantitative estimate of drug-likeness (QED) is 0.261. The number of hydrogen-bond acceptors (Lipinski definition) is 8. The number of likely N-dealkylation sites (tertiary alicyclic amines) is 1. The van der Waals surface area contributed by atoms with E-state index >= 15 is 0 Å². The second kappa shape index (κ2) is 14.3. The second-order valence-electron chi connectivity index (χ2n) is 10.7. The Morgan fingerprint density at radius 1 is 0.778 bits per heavy atom. The number of carbonyl (C=O) groups excluding carboxylic acids is 2. The van der Waals surface area contributed by atoms with Crippen molar-refractivity contribution in [1.29, 1.82) is 0 Å². The highest BCUT2D eigenvalue weighted by Crippen LogP contribution is 2.25. The van der Waals surface area contributed by atoms with Crippen molar-refractivity contribution in [1.82, 2.24) is 18.9 Å². The van der Waals surface area contributed by atoms with Crippen LogP contribution < -0.4 is 10.2 Å². The largest absolute Gasteiger partial charge is 0.484 e. The molecule has 12 nitrogen and oxygen atoms in total. The van der Waals surface area contributed by atoms with Gasteiger partial charge in [-0.3, -0.25) is 9.59 Å². The van der Waals surface area contributed by atoms with Gasteiger partial charge in [-0.05, 0) is 73.4 Å². The minimum Gasteiger partial charge on any atom is -0.484 e. The predicted octanol–water partition coefficient (Wildman–Crippen LogP) is 2.29. The lowest BCUT2D eigenvalue weighted by Gasteiger charge is -2.38. The summed E-state index contributed by atoms with van der Waals surface area (Å²) in [7, 11) is -8.12. The van der Waals surface area contributed by atoms with Gasteiger partial charge < -0.3 is 9.64 Å². The van der Waals surface area contributed by atoms with Crippen LogP contribution in [-0.2, 0) is 29.6 Å². The number of ether oxygens (including phenoxy) is 1. The second-order valence-corrected chi connectivity index (χ2v) is 14.5. The third-order valence-electron chi connectivity index (χ3n) is 7.67. The Balaban J connectivity index is 1.27. The van der Waals surface area contributed by atoms with Crippen LogP contribution in [0.3, 0.4) is 0 Å². The lowest BCUT2D eigenvalue weighted by Crippen LogP contribution is -2.60. The molecule has 14 heteroatoms. The Morgan fingerprint density at radius 3 is 2.00 bits per heavy atom. The maximum Gasteiger partial charge on any atom is 0.260 e. The van der Waals surface area contributed by atoms with Crippen LogP contribution in [0.15, 0.2) is 99.8 Å². The average Bonchev–Trinajstić information content (AvgIpc) is 3.08. The van der Waals surface area contributed by atoms with Crippen molar-refractivity contribution in [2.45, 2.75) is 35.1 Å². The van der Waals surface area contributed by atoms with Gasteiger partial charge in [-0.2, -0.15) is 13.7 Å². The van der Waals surface area contributed by atoms with Gasteiger partial charge in [0.25, 0.3) is 11.8 Å². The molecule has 5 rings (SSSR count). The molecule has 2 aliphatic heterocycles. The maximum atomic E-state index is 13.5.